The molecule has 2 aromatic heterocycles. The largest absolute Gasteiger partial charge is 0.454 e. The van der Waals surface area contributed by atoms with Gasteiger partial charge in [0.25, 0.3) is 0 Å². The van der Waals surface area contributed by atoms with E-state index < -0.39 is 0 Å². The molecule has 0 fully saturated rings. The maximum Gasteiger partial charge on any atom is 0.159 e. The molecular formula is C52H34N2O. The summed E-state index contributed by atoms with van der Waals surface area (Å²) in [6, 6.07) is 73.9. The number of rotatable bonds is 6. The monoisotopic (exact) mass is 702 g/mol. The zero-order valence-corrected chi connectivity index (χ0v) is 29.9. The Morgan fingerprint density at radius 2 is 1.00 bits per heavy atom. The van der Waals surface area contributed by atoms with E-state index in [9.17, 15) is 0 Å². The predicted octanol–water partition coefficient (Wildman–Crippen LogP) is 14.6. The van der Waals surface area contributed by atoms with Crippen molar-refractivity contribution >= 4 is 71.6 Å². The van der Waals surface area contributed by atoms with Gasteiger partial charge in [-0.15, -0.1) is 0 Å². The Morgan fingerprint density at radius 1 is 0.382 bits per heavy atom. The highest BCUT2D eigenvalue weighted by atomic mass is 16.3. The van der Waals surface area contributed by atoms with E-state index in [1.165, 1.54) is 38.2 Å². The van der Waals surface area contributed by atoms with Crippen molar-refractivity contribution in [2.75, 3.05) is 4.90 Å². The van der Waals surface area contributed by atoms with Gasteiger partial charge in [0.1, 0.15) is 5.58 Å². The molecule has 0 amide bonds. The Balaban J connectivity index is 1.07. The standard InChI is InChI=1S/C52H34N2O/c1-2-18-38(19-3-1)53(47-28-13-16-35-15-4-5-23-42(35)47)39-20-12-17-36(33-39)40-21-6-7-22-41(40)37-31-32-49-46(34-37)43-24-8-10-27-48(43)54(49)50-29-14-26-45-44-25-9-11-30-51(44)55-52(45)50/h1-34H. The summed E-state index contributed by atoms with van der Waals surface area (Å²) in [4.78, 5) is 2.37. The predicted molar refractivity (Wildman–Crippen MR) is 231 cm³/mol. The number of hydrogen-bond donors (Lipinski definition) is 0. The number of fused-ring (bicyclic) bond motifs is 7. The van der Waals surface area contributed by atoms with Crippen LogP contribution in [-0.2, 0) is 0 Å². The maximum atomic E-state index is 6.54. The van der Waals surface area contributed by atoms with E-state index in [0.29, 0.717) is 0 Å². The second-order valence-electron chi connectivity index (χ2n) is 14.1. The molecule has 11 aromatic rings. The summed E-state index contributed by atoms with van der Waals surface area (Å²) in [7, 11) is 0. The third kappa shape index (κ3) is 5.05. The van der Waals surface area contributed by atoms with Crippen molar-refractivity contribution in [1.29, 1.82) is 0 Å². The van der Waals surface area contributed by atoms with Crippen LogP contribution in [0.15, 0.2) is 211 Å². The van der Waals surface area contributed by atoms with Gasteiger partial charge in [0.15, 0.2) is 5.58 Å². The normalized spacial score (nSPS) is 11.6. The van der Waals surface area contributed by atoms with Gasteiger partial charge in [-0.25, -0.2) is 0 Å². The summed E-state index contributed by atoms with van der Waals surface area (Å²) in [6.45, 7) is 0. The molecule has 0 aliphatic carbocycles. The van der Waals surface area contributed by atoms with Crippen molar-refractivity contribution in [2.45, 2.75) is 0 Å². The van der Waals surface area contributed by atoms with E-state index in [4.69, 9.17) is 4.42 Å². The fraction of sp³-hybridized carbons (Fsp3) is 0. The number of benzene rings is 9. The van der Waals surface area contributed by atoms with Gasteiger partial charge in [0, 0.05) is 38.3 Å². The molecule has 2 heterocycles. The quantitative estimate of drug-likeness (QED) is 0.172. The smallest absolute Gasteiger partial charge is 0.159 e. The van der Waals surface area contributed by atoms with Crippen molar-refractivity contribution < 1.29 is 4.42 Å². The molecule has 0 radical (unpaired) electrons. The molecule has 0 aliphatic heterocycles. The summed E-state index contributed by atoms with van der Waals surface area (Å²) in [5, 5.41) is 7.10. The SMILES string of the molecule is c1ccc(N(c2cccc(-c3ccccc3-c3ccc4c(c3)c3ccccc3n4-c3cccc4c3oc3ccccc34)c2)c2cccc3ccccc23)cc1. The minimum absolute atomic E-state index is 0.897. The van der Waals surface area contributed by atoms with Gasteiger partial charge in [-0.2, -0.15) is 0 Å². The molecule has 258 valence electrons. The molecule has 3 nitrogen and oxygen atoms in total. The first-order valence-electron chi connectivity index (χ1n) is 18.8. The van der Waals surface area contributed by atoms with Crippen molar-refractivity contribution in [2.24, 2.45) is 0 Å². The fourth-order valence-electron chi connectivity index (χ4n) is 8.52. The lowest BCUT2D eigenvalue weighted by atomic mass is 9.93. The van der Waals surface area contributed by atoms with Crippen LogP contribution in [0.5, 0.6) is 0 Å². The first-order chi connectivity index (χ1) is 27.3. The molecular weight excluding hydrogens is 669 g/mol. The van der Waals surface area contributed by atoms with Crippen molar-refractivity contribution in [3.05, 3.63) is 206 Å². The van der Waals surface area contributed by atoms with E-state index in [-0.39, 0.29) is 0 Å². The lowest BCUT2D eigenvalue weighted by Crippen LogP contribution is -2.10. The van der Waals surface area contributed by atoms with Gasteiger partial charge in [-0.3, -0.25) is 0 Å². The van der Waals surface area contributed by atoms with E-state index in [2.05, 4.69) is 204 Å². The Morgan fingerprint density at radius 3 is 1.87 bits per heavy atom. The molecule has 0 unspecified atom stereocenters. The maximum absolute atomic E-state index is 6.54. The van der Waals surface area contributed by atoms with E-state index >= 15 is 0 Å². The first kappa shape index (κ1) is 31.2. The van der Waals surface area contributed by atoms with Crippen LogP contribution < -0.4 is 4.90 Å². The summed E-state index contributed by atoms with van der Waals surface area (Å²) >= 11 is 0. The van der Waals surface area contributed by atoms with Crippen LogP contribution in [0.1, 0.15) is 0 Å². The average molecular weight is 703 g/mol. The highest BCUT2D eigenvalue weighted by Crippen LogP contribution is 2.43. The zero-order chi connectivity index (χ0) is 36.3. The Hall–Kier alpha value is -7.36. The number of nitrogens with zero attached hydrogens (tertiary/aromatic N) is 2. The van der Waals surface area contributed by atoms with Crippen LogP contribution in [0.2, 0.25) is 0 Å². The molecule has 0 atom stereocenters. The van der Waals surface area contributed by atoms with Crippen LogP contribution in [0.3, 0.4) is 0 Å². The second-order valence-corrected chi connectivity index (χ2v) is 14.1. The van der Waals surface area contributed by atoms with Crippen molar-refractivity contribution in [3.63, 3.8) is 0 Å². The molecule has 55 heavy (non-hydrogen) atoms. The molecule has 0 saturated heterocycles. The number of aromatic nitrogens is 1. The van der Waals surface area contributed by atoms with E-state index in [1.54, 1.807) is 0 Å². The van der Waals surface area contributed by atoms with Crippen LogP contribution in [0, 0.1) is 0 Å². The van der Waals surface area contributed by atoms with Crippen LogP contribution in [-0.4, -0.2) is 4.57 Å². The fourth-order valence-corrected chi connectivity index (χ4v) is 8.52. The molecule has 0 N–H and O–H groups in total. The van der Waals surface area contributed by atoms with Crippen molar-refractivity contribution in [1.82, 2.24) is 4.57 Å². The highest BCUT2D eigenvalue weighted by molar-refractivity contribution is 6.13. The van der Waals surface area contributed by atoms with Crippen LogP contribution in [0.25, 0.3) is 82.5 Å². The lowest BCUT2D eigenvalue weighted by Gasteiger charge is -2.27. The van der Waals surface area contributed by atoms with Gasteiger partial charge < -0.3 is 13.9 Å². The number of anilines is 3. The summed E-state index contributed by atoms with van der Waals surface area (Å²) < 4.78 is 8.90. The summed E-state index contributed by atoms with van der Waals surface area (Å²) in [5.74, 6) is 0. The van der Waals surface area contributed by atoms with Gasteiger partial charge in [-0.05, 0) is 88.3 Å². The average Bonchev–Trinajstić information content (AvgIpc) is 3.80. The number of furan rings is 1. The van der Waals surface area contributed by atoms with E-state index in [1.807, 2.05) is 12.1 Å². The Labute approximate surface area is 318 Å². The summed E-state index contributed by atoms with van der Waals surface area (Å²) in [5.41, 5.74) is 13.2. The van der Waals surface area contributed by atoms with Crippen molar-refractivity contribution in [3.8, 4) is 27.9 Å². The van der Waals surface area contributed by atoms with Gasteiger partial charge in [-0.1, -0.05) is 146 Å². The van der Waals surface area contributed by atoms with Gasteiger partial charge in [0.05, 0.1) is 22.4 Å². The second kappa shape index (κ2) is 12.6. The summed E-state index contributed by atoms with van der Waals surface area (Å²) in [6.07, 6.45) is 0. The highest BCUT2D eigenvalue weighted by Gasteiger charge is 2.20. The molecule has 0 bridgehead atoms. The number of hydrogen-bond acceptors (Lipinski definition) is 2. The van der Waals surface area contributed by atoms with Crippen LogP contribution >= 0.6 is 0 Å². The van der Waals surface area contributed by atoms with Crippen LogP contribution in [0.4, 0.5) is 17.1 Å². The minimum atomic E-state index is 0.897. The molecule has 3 heteroatoms. The molecule has 11 rings (SSSR count). The lowest BCUT2D eigenvalue weighted by molar-refractivity contribution is 0.666. The van der Waals surface area contributed by atoms with Gasteiger partial charge in [0.2, 0.25) is 0 Å². The molecule has 0 spiro atoms. The minimum Gasteiger partial charge on any atom is -0.454 e. The first-order valence-corrected chi connectivity index (χ1v) is 18.8. The zero-order valence-electron chi connectivity index (χ0n) is 29.9. The topological polar surface area (TPSA) is 21.3 Å². The third-order valence-electron chi connectivity index (χ3n) is 11.0. The number of para-hydroxylation sites is 4. The van der Waals surface area contributed by atoms with Gasteiger partial charge >= 0.3 is 0 Å². The van der Waals surface area contributed by atoms with E-state index in [0.717, 1.165) is 61.3 Å². The third-order valence-corrected chi connectivity index (χ3v) is 11.0. The molecule has 9 aromatic carbocycles. The Bertz CT molecular complexity index is 3220. The molecule has 0 aliphatic rings. The Kier molecular flexibility index (Phi) is 7.17. The molecule has 0 saturated carbocycles.